The Balaban J connectivity index is 1.82. The Labute approximate surface area is 199 Å². The van der Waals surface area contributed by atoms with E-state index >= 15 is 0 Å². The van der Waals surface area contributed by atoms with Gasteiger partial charge < -0.3 is 19.3 Å². The minimum Gasteiger partial charge on any atom is -0.390 e. The summed E-state index contributed by atoms with van der Waals surface area (Å²) < 4.78 is 11.4. The molecule has 0 spiro atoms. The lowest BCUT2D eigenvalue weighted by molar-refractivity contribution is 0.00595. The molecule has 0 radical (unpaired) electrons. The van der Waals surface area contributed by atoms with Gasteiger partial charge in [-0.1, -0.05) is 49.3 Å². The van der Waals surface area contributed by atoms with Crippen LogP contribution >= 0.6 is 0 Å². The van der Waals surface area contributed by atoms with Crippen LogP contribution in [0.25, 0.3) is 11.3 Å². The summed E-state index contributed by atoms with van der Waals surface area (Å²) in [6.45, 7) is 16.7. The van der Waals surface area contributed by atoms with Gasteiger partial charge in [0.2, 0.25) is 5.88 Å². The van der Waals surface area contributed by atoms with Crippen molar-refractivity contribution in [3.05, 3.63) is 35.9 Å². The summed E-state index contributed by atoms with van der Waals surface area (Å²) in [5.41, 5.74) is 3.06. The van der Waals surface area contributed by atoms with E-state index in [-0.39, 0.29) is 0 Å². The van der Waals surface area contributed by atoms with Crippen molar-refractivity contribution in [3.8, 4) is 11.3 Å². The fourth-order valence-corrected chi connectivity index (χ4v) is 4.36. The van der Waals surface area contributed by atoms with E-state index in [1.807, 2.05) is 18.2 Å². The molecule has 0 unspecified atom stereocenters. The average molecular weight is 459 g/mol. The summed E-state index contributed by atoms with van der Waals surface area (Å²) in [6.07, 6.45) is 0.670. The molecule has 1 atom stereocenters. The van der Waals surface area contributed by atoms with Crippen molar-refractivity contribution < 1.29 is 14.4 Å². The second kappa shape index (κ2) is 13.1. The van der Waals surface area contributed by atoms with E-state index in [1.54, 1.807) is 0 Å². The summed E-state index contributed by atoms with van der Waals surface area (Å²) in [6, 6.07) is 10.3. The number of hydrogen-bond acceptors (Lipinski definition) is 7. The Morgan fingerprint density at radius 3 is 2.42 bits per heavy atom. The van der Waals surface area contributed by atoms with Crippen molar-refractivity contribution in [3.63, 3.8) is 0 Å². The van der Waals surface area contributed by atoms with Crippen molar-refractivity contribution in [1.29, 1.82) is 0 Å². The fourth-order valence-electron chi connectivity index (χ4n) is 4.36. The zero-order valence-corrected chi connectivity index (χ0v) is 20.9. The second-order valence-corrected chi connectivity index (χ2v) is 9.34. The van der Waals surface area contributed by atoms with Crippen LogP contribution in [0.5, 0.6) is 0 Å². The SMILES string of the molecule is CCN(CC)c1onc(-c2ccccc2)c1CN(CCC(C)C)C[C@H](O)CN1CCOCC1. The fraction of sp³-hybridized carbons (Fsp3) is 0.654. The maximum atomic E-state index is 10.9. The van der Waals surface area contributed by atoms with Crippen LogP contribution in [-0.2, 0) is 11.3 Å². The third kappa shape index (κ3) is 7.54. The first-order chi connectivity index (χ1) is 16.0. The smallest absolute Gasteiger partial charge is 0.232 e. The Morgan fingerprint density at radius 2 is 1.79 bits per heavy atom. The molecule has 1 N–H and O–H groups in total. The van der Waals surface area contributed by atoms with Crippen LogP contribution in [0.15, 0.2) is 34.9 Å². The van der Waals surface area contributed by atoms with Crippen LogP contribution < -0.4 is 4.90 Å². The van der Waals surface area contributed by atoms with Crippen LogP contribution in [-0.4, -0.2) is 85.2 Å². The van der Waals surface area contributed by atoms with Gasteiger partial charge in [-0.3, -0.25) is 9.80 Å². The lowest BCUT2D eigenvalue weighted by Gasteiger charge is -2.31. The maximum absolute atomic E-state index is 10.9. The molecule has 7 heteroatoms. The first-order valence-corrected chi connectivity index (χ1v) is 12.5. The molecular weight excluding hydrogens is 416 g/mol. The molecule has 1 aliphatic heterocycles. The highest BCUT2D eigenvalue weighted by Crippen LogP contribution is 2.32. The van der Waals surface area contributed by atoms with Crippen LogP contribution in [0.1, 0.15) is 39.7 Å². The van der Waals surface area contributed by atoms with Crippen LogP contribution in [0.4, 0.5) is 5.88 Å². The van der Waals surface area contributed by atoms with Crippen molar-refractivity contribution in [1.82, 2.24) is 15.0 Å². The van der Waals surface area contributed by atoms with E-state index in [2.05, 4.69) is 59.7 Å². The number of morpholine rings is 1. The summed E-state index contributed by atoms with van der Waals surface area (Å²) in [4.78, 5) is 6.89. The van der Waals surface area contributed by atoms with Crippen LogP contribution in [0.2, 0.25) is 0 Å². The number of aliphatic hydroxyl groups excluding tert-OH is 1. The van der Waals surface area contributed by atoms with Crippen molar-refractivity contribution in [2.75, 3.05) is 63.9 Å². The normalized spacial score (nSPS) is 16.0. The van der Waals surface area contributed by atoms with Gasteiger partial charge in [0.15, 0.2) is 0 Å². The molecule has 3 rings (SSSR count). The lowest BCUT2D eigenvalue weighted by Crippen LogP contribution is -2.44. The lowest BCUT2D eigenvalue weighted by atomic mass is 10.1. The van der Waals surface area contributed by atoms with Gasteiger partial charge >= 0.3 is 0 Å². The average Bonchev–Trinajstić information content (AvgIpc) is 3.22. The zero-order chi connectivity index (χ0) is 23.6. The van der Waals surface area contributed by atoms with E-state index in [4.69, 9.17) is 9.26 Å². The highest BCUT2D eigenvalue weighted by molar-refractivity contribution is 5.68. The van der Waals surface area contributed by atoms with E-state index in [0.717, 1.165) is 75.1 Å². The Hall–Kier alpha value is -1.93. The van der Waals surface area contributed by atoms with Gasteiger partial charge in [-0.15, -0.1) is 0 Å². The molecule has 0 amide bonds. The molecule has 1 aromatic heterocycles. The van der Waals surface area contributed by atoms with Gasteiger partial charge in [-0.25, -0.2) is 0 Å². The standard InChI is InChI=1S/C26H42N4O3/c1-5-30(6-2)26-24(25(27-33-26)22-10-8-7-9-11-22)20-29(13-12-21(3)4)19-23(31)18-28-14-16-32-17-15-28/h7-11,21,23,31H,5-6,12-20H2,1-4H3/t23-/m1/s1. The molecular formula is C26H42N4O3. The number of anilines is 1. The zero-order valence-electron chi connectivity index (χ0n) is 20.9. The molecule has 7 nitrogen and oxygen atoms in total. The molecule has 2 heterocycles. The number of ether oxygens (including phenoxy) is 1. The number of β-amino-alcohol motifs (C(OH)–C–C–N with tert-alkyl or cyclic N) is 1. The first-order valence-electron chi connectivity index (χ1n) is 12.5. The number of benzene rings is 1. The number of hydrogen-bond donors (Lipinski definition) is 1. The molecule has 1 fully saturated rings. The van der Waals surface area contributed by atoms with Crippen LogP contribution in [0, 0.1) is 5.92 Å². The first kappa shape index (κ1) is 25.7. The summed E-state index contributed by atoms with van der Waals surface area (Å²) in [7, 11) is 0. The third-order valence-electron chi connectivity index (χ3n) is 6.31. The summed E-state index contributed by atoms with van der Waals surface area (Å²) in [5.74, 6) is 1.44. The highest BCUT2D eigenvalue weighted by Gasteiger charge is 2.25. The maximum Gasteiger partial charge on any atom is 0.232 e. The van der Waals surface area contributed by atoms with Crippen molar-refractivity contribution >= 4 is 5.88 Å². The number of rotatable bonds is 13. The molecule has 184 valence electrons. The summed E-state index contributed by atoms with van der Waals surface area (Å²) >= 11 is 0. The van der Waals surface area contributed by atoms with Gasteiger partial charge in [0.25, 0.3) is 0 Å². The minimum absolute atomic E-state index is 0.410. The second-order valence-electron chi connectivity index (χ2n) is 9.34. The molecule has 33 heavy (non-hydrogen) atoms. The van der Waals surface area contributed by atoms with Crippen molar-refractivity contribution in [2.45, 2.75) is 46.8 Å². The van der Waals surface area contributed by atoms with E-state index < -0.39 is 6.10 Å². The van der Waals surface area contributed by atoms with Gasteiger partial charge in [-0.05, 0) is 32.7 Å². The number of aliphatic hydroxyl groups is 1. The van der Waals surface area contributed by atoms with Crippen LogP contribution in [0.3, 0.4) is 0 Å². The Bertz CT molecular complexity index is 801. The predicted molar refractivity (Wildman–Crippen MR) is 133 cm³/mol. The molecule has 1 saturated heterocycles. The topological polar surface area (TPSA) is 65.2 Å². The summed E-state index contributed by atoms with van der Waals surface area (Å²) in [5, 5.41) is 15.4. The molecule has 0 aliphatic carbocycles. The van der Waals surface area contributed by atoms with Gasteiger partial charge in [0.05, 0.1) is 24.9 Å². The third-order valence-corrected chi connectivity index (χ3v) is 6.31. The van der Waals surface area contributed by atoms with Gasteiger partial charge in [-0.2, -0.15) is 0 Å². The largest absolute Gasteiger partial charge is 0.390 e. The Kier molecular flexibility index (Phi) is 10.2. The van der Waals surface area contributed by atoms with Crippen molar-refractivity contribution in [2.24, 2.45) is 5.92 Å². The van der Waals surface area contributed by atoms with E-state index in [1.165, 1.54) is 0 Å². The molecule has 0 saturated carbocycles. The van der Waals surface area contributed by atoms with E-state index in [9.17, 15) is 5.11 Å². The minimum atomic E-state index is -0.410. The Morgan fingerprint density at radius 1 is 1.09 bits per heavy atom. The van der Waals surface area contributed by atoms with Gasteiger partial charge in [0, 0.05) is 51.4 Å². The molecule has 0 bridgehead atoms. The van der Waals surface area contributed by atoms with E-state index in [0.29, 0.717) is 25.6 Å². The molecule has 1 aliphatic rings. The quantitative estimate of drug-likeness (QED) is 0.491. The molecule has 2 aromatic rings. The predicted octanol–water partition coefficient (Wildman–Crippen LogP) is 3.73. The number of nitrogens with zero attached hydrogens (tertiary/aromatic N) is 4. The highest BCUT2D eigenvalue weighted by atomic mass is 16.5. The monoisotopic (exact) mass is 458 g/mol. The molecule has 1 aromatic carbocycles. The number of aromatic nitrogens is 1. The van der Waals surface area contributed by atoms with Gasteiger partial charge in [0.1, 0.15) is 5.69 Å².